The molecule has 0 saturated heterocycles. The number of anilines is 1. The summed E-state index contributed by atoms with van der Waals surface area (Å²) in [5, 5.41) is 12.9. The third-order valence-electron chi connectivity index (χ3n) is 1.74. The fourth-order valence-electron chi connectivity index (χ4n) is 1.17. The summed E-state index contributed by atoms with van der Waals surface area (Å²) in [6.45, 7) is -0.117. The number of hydrogen-bond acceptors (Lipinski definition) is 4. The van der Waals surface area contributed by atoms with Crippen LogP contribution < -0.4 is 10.1 Å². The number of carbonyl (C=O) groups excluding carboxylic acids is 1. The van der Waals surface area contributed by atoms with Crippen molar-refractivity contribution in [2.45, 2.75) is 0 Å². The molecule has 1 radical (unpaired) electrons. The van der Waals surface area contributed by atoms with Crippen LogP contribution in [0.4, 0.5) is 11.4 Å². The highest BCUT2D eigenvalue weighted by Crippen LogP contribution is 2.35. The second-order valence-electron chi connectivity index (χ2n) is 2.66. The van der Waals surface area contributed by atoms with E-state index in [9.17, 15) is 14.9 Å². The molecule has 0 spiro atoms. The zero-order valence-electron chi connectivity index (χ0n) is 6.94. The van der Waals surface area contributed by atoms with Crippen molar-refractivity contribution in [2.75, 3.05) is 11.9 Å². The van der Waals surface area contributed by atoms with Crippen LogP contribution in [0.3, 0.4) is 0 Å². The number of amides is 1. The van der Waals surface area contributed by atoms with Gasteiger partial charge in [0.2, 0.25) is 0 Å². The number of hydrogen-bond donors (Lipinski definition) is 1. The molecule has 0 unspecified atom stereocenters. The second kappa shape index (κ2) is 2.99. The van der Waals surface area contributed by atoms with Gasteiger partial charge in [0.05, 0.1) is 11.0 Å². The molecule has 0 atom stereocenters. The Kier molecular flexibility index (Phi) is 1.81. The Balaban J connectivity index is 2.54. The van der Waals surface area contributed by atoms with Crippen LogP contribution in [0.5, 0.6) is 5.75 Å². The van der Waals surface area contributed by atoms with Crippen molar-refractivity contribution in [3.8, 4) is 5.75 Å². The third-order valence-corrected chi connectivity index (χ3v) is 1.74. The lowest BCUT2D eigenvalue weighted by molar-refractivity contribution is -0.384. The van der Waals surface area contributed by atoms with Gasteiger partial charge in [-0.3, -0.25) is 14.9 Å². The van der Waals surface area contributed by atoms with Crippen LogP contribution in [0, 0.1) is 16.2 Å². The molecule has 0 aliphatic carbocycles. The molecule has 1 aliphatic rings. The highest BCUT2D eigenvalue weighted by Gasteiger charge is 2.24. The van der Waals surface area contributed by atoms with E-state index in [0.717, 1.165) is 0 Å². The Hall–Kier alpha value is -2.11. The molecule has 1 aromatic carbocycles. The van der Waals surface area contributed by atoms with E-state index in [1.807, 2.05) is 0 Å². The number of nitro benzene ring substituents is 1. The first-order chi connectivity index (χ1) is 6.68. The molecular weight excluding hydrogens is 188 g/mol. The lowest BCUT2D eigenvalue weighted by Gasteiger charge is -2.16. The average Bonchev–Trinajstić information content (AvgIpc) is 2.16. The average molecular weight is 193 g/mol. The van der Waals surface area contributed by atoms with Crippen LogP contribution >= 0.6 is 0 Å². The van der Waals surface area contributed by atoms with Crippen molar-refractivity contribution in [3.63, 3.8) is 0 Å². The summed E-state index contributed by atoms with van der Waals surface area (Å²) in [7, 11) is 0. The van der Waals surface area contributed by atoms with Crippen LogP contribution in [0.2, 0.25) is 0 Å². The molecule has 0 aromatic heterocycles. The van der Waals surface area contributed by atoms with E-state index in [4.69, 9.17) is 4.74 Å². The van der Waals surface area contributed by atoms with Crippen LogP contribution in [-0.2, 0) is 4.79 Å². The van der Waals surface area contributed by atoms with Gasteiger partial charge in [-0.2, -0.15) is 0 Å². The number of nitrogens with one attached hydrogen (secondary N) is 1. The van der Waals surface area contributed by atoms with Crippen molar-refractivity contribution in [2.24, 2.45) is 0 Å². The Bertz CT molecular complexity index is 416. The summed E-state index contributed by atoms with van der Waals surface area (Å²) in [5.74, 6) is -0.102. The van der Waals surface area contributed by atoms with Crippen molar-refractivity contribution in [1.82, 2.24) is 0 Å². The summed E-state index contributed by atoms with van der Waals surface area (Å²) in [6, 6.07) is 5.32. The first-order valence-electron chi connectivity index (χ1n) is 3.80. The Morgan fingerprint density at radius 3 is 3.14 bits per heavy atom. The largest absolute Gasteiger partial charge is 0.481 e. The molecule has 1 amide bonds. The van der Waals surface area contributed by atoms with Crippen molar-refractivity contribution in [1.29, 1.82) is 0 Å². The van der Waals surface area contributed by atoms with Gasteiger partial charge in [0.15, 0.2) is 18.0 Å². The summed E-state index contributed by atoms with van der Waals surface area (Å²) < 4.78 is 4.99. The molecule has 1 aliphatic heterocycles. The molecule has 6 nitrogen and oxygen atoms in total. The molecule has 14 heavy (non-hydrogen) atoms. The minimum Gasteiger partial charge on any atom is -0.481 e. The lowest BCUT2D eigenvalue weighted by atomic mass is 10.2. The fraction of sp³-hybridized carbons (Fsp3) is 0.125. The predicted octanol–water partition coefficient (Wildman–Crippen LogP) is 0.726. The smallest absolute Gasteiger partial charge is 0.304 e. The maximum absolute atomic E-state index is 10.9. The predicted molar refractivity (Wildman–Crippen MR) is 46.1 cm³/mol. The Labute approximate surface area is 78.6 Å². The van der Waals surface area contributed by atoms with Gasteiger partial charge in [-0.15, -0.1) is 0 Å². The number of fused-ring (bicyclic) bond motifs is 1. The Morgan fingerprint density at radius 1 is 1.64 bits per heavy atom. The maximum atomic E-state index is 10.9. The normalized spacial score (nSPS) is 13.9. The molecule has 0 fully saturated rings. The zero-order chi connectivity index (χ0) is 10.1. The molecule has 1 heterocycles. The van der Waals surface area contributed by atoms with Crippen molar-refractivity contribution < 1.29 is 14.5 Å². The monoisotopic (exact) mass is 193 g/mol. The molecule has 0 bridgehead atoms. The summed E-state index contributed by atoms with van der Waals surface area (Å²) >= 11 is 0. The molecule has 0 saturated carbocycles. The minimum atomic E-state index is -0.617. The Morgan fingerprint density at radius 2 is 2.43 bits per heavy atom. The topological polar surface area (TPSA) is 81.5 Å². The van der Waals surface area contributed by atoms with Crippen LogP contribution in [0.25, 0.3) is 0 Å². The number of nitro groups is 1. The molecular formula is C8H5N2O4. The van der Waals surface area contributed by atoms with Crippen molar-refractivity contribution in [3.05, 3.63) is 28.3 Å². The number of nitrogens with zero attached hydrogens (tertiary/aromatic N) is 1. The minimum absolute atomic E-state index is 0.0775. The number of ether oxygens (including phenoxy) is 1. The van der Waals surface area contributed by atoms with Gasteiger partial charge in [0.1, 0.15) is 0 Å². The fourth-order valence-corrected chi connectivity index (χ4v) is 1.17. The summed E-state index contributed by atoms with van der Waals surface area (Å²) in [4.78, 5) is 20.9. The van der Waals surface area contributed by atoms with E-state index in [1.165, 1.54) is 12.1 Å². The van der Waals surface area contributed by atoms with E-state index in [0.29, 0.717) is 5.75 Å². The van der Waals surface area contributed by atoms with Crippen LogP contribution in [0.15, 0.2) is 12.1 Å². The molecule has 1 N–H and O–H groups in total. The van der Waals surface area contributed by atoms with Gasteiger partial charge < -0.3 is 10.1 Å². The maximum Gasteiger partial charge on any atom is 0.304 e. The zero-order valence-corrected chi connectivity index (χ0v) is 6.94. The van der Waals surface area contributed by atoms with Gasteiger partial charge in [-0.05, 0) is 12.1 Å². The first-order valence-corrected chi connectivity index (χ1v) is 3.80. The van der Waals surface area contributed by atoms with Crippen LogP contribution in [-0.4, -0.2) is 17.4 Å². The van der Waals surface area contributed by atoms with E-state index < -0.39 is 10.8 Å². The molecule has 1 aromatic rings. The molecule has 71 valence electrons. The van der Waals surface area contributed by atoms with Gasteiger partial charge in [0.25, 0.3) is 5.91 Å². The SMILES string of the molecule is O=C1COc2cc[c]c([N+](=O)[O-])c2N1. The molecule has 2 rings (SSSR count). The second-order valence-corrected chi connectivity index (χ2v) is 2.66. The third kappa shape index (κ3) is 1.26. The highest BCUT2D eigenvalue weighted by molar-refractivity contribution is 5.97. The molecule has 6 heteroatoms. The number of rotatable bonds is 1. The standard InChI is InChI=1S/C8H5N2O4/c11-7-4-14-6-3-1-2-5(10(12)13)8(6)9-7/h1,3H,4H2,(H,9,11). The number of benzene rings is 1. The van der Waals surface area contributed by atoms with E-state index in [1.54, 1.807) is 0 Å². The first kappa shape index (κ1) is 8.49. The van der Waals surface area contributed by atoms with Crippen LogP contribution in [0.1, 0.15) is 0 Å². The van der Waals surface area contributed by atoms with Gasteiger partial charge in [-0.1, -0.05) is 0 Å². The lowest BCUT2D eigenvalue weighted by Crippen LogP contribution is -2.25. The van der Waals surface area contributed by atoms with Gasteiger partial charge >= 0.3 is 5.69 Å². The van der Waals surface area contributed by atoms with Gasteiger partial charge in [0, 0.05) is 0 Å². The van der Waals surface area contributed by atoms with E-state index in [2.05, 4.69) is 11.4 Å². The quantitative estimate of drug-likeness (QED) is 0.526. The van der Waals surface area contributed by atoms with Gasteiger partial charge in [-0.25, -0.2) is 0 Å². The van der Waals surface area contributed by atoms with E-state index >= 15 is 0 Å². The summed E-state index contributed by atoms with van der Waals surface area (Å²) in [6.07, 6.45) is 0. The highest BCUT2D eigenvalue weighted by atomic mass is 16.6. The number of carbonyl (C=O) groups is 1. The van der Waals surface area contributed by atoms with Crippen molar-refractivity contribution >= 4 is 17.3 Å². The summed E-state index contributed by atoms with van der Waals surface area (Å²) in [5.41, 5.74) is -0.204. The van der Waals surface area contributed by atoms with E-state index in [-0.39, 0.29) is 18.0 Å².